The quantitative estimate of drug-likeness (QED) is 0.440. The Morgan fingerprint density at radius 3 is 2.68 bits per heavy atom. The molecule has 2 N–H and O–H groups in total. The summed E-state index contributed by atoms with van der Waals surface area (Å²) in [5.41, 5.74) is 1.98. The first-order valence-corrected chi connectivity index (χ1v) is 11.3. The average molecular weight is 476 g/mol. The van der Waals surface area contributed by atoms with Gasteiger partial charge >= 0.3 is 0 Å². The Hall–Kier alpha value is -2.92. The highest BCUT2D eigenvalue weighted by Crippen LogP contribution is 2.32. The van der Waals surface area contributed by atoms with Crippen LogP contribution in [0.2, 0.25) is 0 Å². The van der Waals surface area contributed by atoms with E-state index in [1.54, 1.807) is 17.9 Å². The number of aromatic nitrogens is 2. The van der Waals surface area contributed by atoms with Gasteiger partial charge in [-0.1, -0.05) is 18.2 Å². The van der Waals surface area contributed by atoms with Gasteiger partial charge in [-0.15, -0.1) is 0 Å². The number of carbonyl (C=O) groups is 1. The van der Waals surface area contributed by atoms with E-state index in [1.165, 1.54) is 0 Å². The normalized spacial score (nSPS) is 17.8. The lowest BCUT2D eigenvalue weighted by Crippen LogP contribution is -2.35. The van der Waals surface area contributed by atoms with Crippen molar-refractivity contribution in [3.8, 4) is 5.69 Å². The zero-order valence-corrected chi connectivity index (χ0v) is 19.9. The van der Waals surface area contributed by atoms with Crippen LogP contribution in [0, 0.1) is 6.92 Å². The van der Waals surface area contributed by atoms with Gasteiger partial charge in [-0.3, -0.25) is 14.3 Å². The first-order valence-electron chi connectivity index (χ1n) is 11.3. The van der Waals surface area contributed by atoms with Gasteiger partial charge in [0.05, 0.1) is 38.7 Å². The smallest absolute Gasteiger partial charge is 0.286 e. The molecule has 34 heavy (non-hydrogen) atoms. The lowest BCUT2D eigenvalue weighted by Gasteiger charge is -2.28. The van der Waals surface area contributed by atoms with Crippen LogP contribution in [0.25, 0.3) is 5.69 Å². The zero-order valence-electron chi connectivity index (χ0n) is 19.9. The lowest BCUT2D eigenvalue weighted by molar-refractivity contribution is -0.151. The van der Waals surface area contributed by atoms with Gasteiger partial charge in [0.25, 0.3) is 11.5 Å². The molecule has 0 fully saturated rings. The Morgan fingerprint density at radius 2 is 1.97 bits per heavy atom. The number of amides is 1. The van der Waals surface area contributed by atoms with Crippen molar-refractivity contribution >= 4 is 5.91 Å². The Bertz CT molecular complexity index is 1030. The van der Waals surface area contributed by atoms with Crippen LogP contribution in [0.4, 0.5) is 0 Å². The summed E-state index contributed by atoms with van der Waals surface area (Å²) >= 11 is 0. The first kappa shape index (κ1) is 25.7. The van der Waals surface area contributed by atoms with E-state index in [-0.39, 0.29) is 43.7 Å². The summed E-state index contributed by atoms with van der Waals surface area (Å²) in [6.07, 6.45) is 1.31. The maximum Gasteiger partial charge on any atom is 0.286 e. The highest BCUT2D eigenvalue weighted by Gasteiger charge is 2.32. The van der Waals surface area contributed by atoms with Gasteiger partial charge in [-0.25, -0.2) is 4.68 Å². The standard InChI is InChI=1S/C24H33N3O7/c1-17-22(24(30)27(26(17)2)19-7-5-4-6-8-19)18-15-20(23(29)25-9-11-31-3)34-21(16-18)33-14-13-32-12-10-28/h4-8,15,18,21,28H,9-14,16H2,1-3H3,(H,25,29). The molecular weight excluding hydrogens is 442 g/mol. The summed E-state index contributed by atoms with van der Waals surface area (Å²) in [5.74, 6) is -0.685. The molecule has 0 bridgehead atoms. The minimum atomic E-state index is -0.736. The highest BCUT2D eigenvalue weighted by molar-refractivity contribution is 5.91. The van der Waals surface area contributed by atoms with Crippen LogP contribution >= 0.6 is 0 Å². The third kappa shape index (κ3) is 6.15. The third-order valence-corrected chi connectivity index (χ3v) is 5.61. The molecule has 10 nitrogen and oxygen atoms in total. The monoisotopic (exact) mass is 475 g/mol. The van der Waals surface area contributed by atoms with Crippen LogP contribution in [0.3, 0.4) is 0 Å². The molecule has 0 aliphatic carbocycles. The number of rotatable bonds is 12. The van der Waals surface area contributed by atoms with Gasteiger partial charge in [0.2, 0.25) is 6.29 Å². The van der Waals surface area contributed by atoms with E-state index in [2.05, 4.69) is 5.32 Å². The molecule has 2 unspecified atom stereocenters. The van der Waals surface area contributed by atoms with E-state index in [1.807, 2.05) is 49.0 Å². The predicted molar refractivity (Wildman–Crippen MR) is 125 cm³/mol. The van der Waals surface area contributed by atoms with E-state index < -0.39 is 12.2 Å². The molecule has 1 aromatic carbocycles. The summed E-state index contributed by atoms with van der Waals surface area (Å²) in [4.78, 5) is 26.2. The molecule has 1 aliphatic rings. The Labute approximate surface area is 198 Å². The number of benzene rings is 1. The second-order valence-corrected chi connectivity index (χ2v) is 7.85. The van der Waals surface area contributed by atoms with Crippen LogP contribution < -0.4 is 10.9 Å². The summed E-state index contributed by atoms with van der Waals surface area (Å²) in [6, 6.07) is 9.40. The first-order chi connectivity index (χ1) is 16.5. The second kappa shape index (κ2) is 12.5. The number of ether oxygens (including phenoxy) is 4. The molecule has 2 atom stereocenters. The van der Waals surface area contributed by atoms with E-state index in [0.717, 1.165) is 11.4 Å². The summed E-state index contributed by atoms with van der Waals surface area (Å²) in [6.45, 7) is 3.21. The van der Waals surface area contributed by atoms with E-state index in [4.69, 9.17) is 24.1 Å². The van der Waals surface area contributed by atoms with Gasteiger partial charge in [-0.2, -0.15) is 0 Å². The number of methoxy groups -OCH3 is 1. The van der Waals surface area contributed by atoms with Gasteiger partial charge in [0.1, 0.15) is 0 Å². The number of aliphatic hydroxyl groups excluding tert-OH is 1. The largest absolute Gasteiger partial charge is 0.459 e. The van der Waals surface area contributed by atoms with Crippen molar-refractivity contribution < 1.29 is 28.8 Å². The van der Waals surface area contributed by atoms with Crippen molar-refractivity contribution in [2.75, 3.05) is 46.7 Å². The van der Waals surface area contributed by atoms with Crippen molar-refractivity contribution in [3.63, 3.8) is 0 Å². The summed E-state index contributed by atoms with van der Waals surface area (Å²) in [5, 5.41) is 11.6. The van der Waals surface area contributed by atoms with Crippen molar-refractivity contribution in [1.82, 2.24) is 14.7 Å². The molecule has 0 saturated heterocycles. The highest BCUT2D eigenvalue weighted by atomic mass is 16.7. The van der Waals surface area contributed by atoms with Gasteiger partial charge in [0.15, 0.2) is 5.76 Å². The van der Waals surface area contributed by atoms with Crippen molar-refractivity contribution in [2.45, 2.75) is 25.6 Å². The van der Waals surface area contributed by atoms with E-state index >= 15 is 0 Å². The molecule has 1 aromatic heterocycles. The van der Waals surface area contributed by atoms with Crippen LogP contribution in [0.5, 0.6) is 0 Å². The molecule has 10 heteroatoms. The number of nitrogens with one attached hydrogen (secondary N) is 1. The van der Waals surface area contributed by atoms with Gasteiger partial charge in [-0.05, 0) is 25.1 Å². The lowest BCUT2D eigenvalue weighted by atomic mass is 9.93. The molecule has 3 rings (SSSR count). The maximum absolute atomic E-state index is 13.5. The molecule has 2 aromatic rings. The second-order valence-electron chi connectivity index (χ2n) is 7.85. The number of hydrogen-bond acceptors (Lipinski definition) is 7. The average Bonchev–Trinajstić information content (AvgIpc) is 3.07. The van der Waals surface area contributed by atoms with Gasteiger partial charge < -0.3 is 29.4 Å². The van der Waals surface area contributed by atoms with Crippen LogP contribution in [0.1, 0.15) is 23.6 Å². The Morgan fingerprint density at radius 1 is 1.21 bits per heavy atom. The molecule has 0 spiro atoms. The number of allylic oxidation sites excluding steroid dienone is 1. The third-order valence-electron chi connectivity index (χ3n) is 5.61. The van der Waals surface area contributed by atoms with Crippen molar-refractivity contribution in [1.29, 1.82) is 0 Å². The molecular formula is C24H33N3O7. The fourth-order valence-electron chi connectivity index (χ4n) is 3.89. The van der Waals surface area contributed by atoms with Crippen molar-refractivity contribution in [2.24, 2.45) is 7.05 Å². The van der Waals surface area contributed by atoms with Crippen LogP contribution in [0.15, 0.2) is 47.0 Å². The van der Waals surface area contributed by atoms with Gasteiger partial charge in [0, 0.05) is 44.3 Å². The summed E-state index contributed by atoms with van der Waals surface area (Å²) in [7, 11) is 3.39. The number of hydrogen-bond donors (Lipinski definition) is 2. The molecule has 1 aliphatic heterocycles. The molecule has 2 heterocycles. The predicted octanol–water partition coefficient (Wildman–Crippen LogP) is 0.986. The number of nitrogens with zero attached hydrogens (tertiary/aromatic N) is 2. The fourth-order valence-corrected chi connectivity index (χ4v) is 3.89. The topological polar surface area (TPSA) is 113 Å². The Balaban J connectivity index is 1.89. The number of aliphatic hydroxyl groups is 1. The van der Waals surface area contributed by atoms with Crippen molar-refractivity contribution in [3.05, 3.63) is 63.8 Å². The van der Waals surface area contributed by atoms with E-state index in [9.17, 15) is 9.59 Å². The SMILES string of the molecule is COCCNC(=O)C1=CC(c2c(C)n(C)n(-c3ccccc3)c2=O)CC(OCCOCCO)O1. The number of para-hydroxylation sites is 1. The fraction of sp³-hybridized carbons (Fsp3) is 0.500. The maximum atomic E-state index is 13.5. The van der Waals surface area contributed by atoms with Crippen LogP contribution in [-0.4, -0.2) is 73.4 Å². The van der Waals surface area contributed by atoms with E-state index in [0.29, 0.717) is 25.1 Å². The summed E-state index contributed by atoms with van der Waals surface area (Å²) < 4.78 is 25.3. The number of carbonyl (C=O) groups excluding carboxylic acids is 1. The van der Waals surface area contributed by atoms with Crippen LogP contribution in [-0.2, 0) is 30.8 Å². The Kier molecular flexibility index (Phi) is 9.46. The molecule has 186 valence electrons. The minimum absolute atomic E-state index is 0.0719. The zero-order chi connectivity index (χ0) is 24.5. The molecule has 0 radical (unpaired) electrons. The minimum Gasteiger partial charge on any atom is -0.459 e. The molecule has 1 amide bonds. The molecule has 0 saturated carbocycles.